The Balaban J connectivity index is 2.48. The van der Waals surface area contributed by atoms with E-state index in [4.69, 9.17) is 0 Å². The molecule has 0 unspecified atom stereocenters. The van der Waals surface area contributed by atoms with Gasteiger partial charge in [0.25, 0.3) is 0 Å². The molecule has 0 spiro atoms. The number of carbonyl (C=O) groups excluding carboxylic acids is 1. The number of nitrogens with zero attached hydrogens (tertiary/aromatic N) is 2. The van der Waals surface area contributed by atoms with E-state index in [-0.39, 0.29) is 18.2 Å². The molecular formula is C12H14N2O2. The summed E-state index contributed by atoms with van der Waals surface area (Å²) < 4.78 is 0. The fourth-order valence-electron chi connectivity index (χ4n) is 1.79. The lowest BCUT2D eigenvalue weighted by atomic mass is 10.1. The molecule has 16 heavy (non-hydrogen) atoms. The molecule has 0 aromatic heterocycles. The van der Waals surface area contributed by atoms with E-state index in [1.165, 1.54) is 0 Å². The molecule has 1 aromatic rings. The average molecular weight is 218 g/mol. The molecule has 2 rings (SSSR count). The normalized spacial score (nSPS) is 14.8. The Kier molecular flexibility index (Phi) is 2.90. The third-order valence-corrected chi connectivity index (χ3v) is 2.51. The van der Waals surface area contributed by atoms with Crippen LogP contribution in [0.5, 0.6) is 5.75 Å². The maximum absolute atomic E-state index is 11.8. The van der Waals surface area contributed by atoms with Crippen molar-refractivity contribution in [3.8, 4) is 5.75 Å². The molecule has 1 aromatic carbocycles. The molecule has 4 nitrogen and oxygen atoms in total. The first-order valence-corrected chi connectivity index (χ1v) is 5.35. The summed E-state index contributed by atoms with van der Waals surface area (Å²) in [6, 6.07) is 4.99. The molecule has 0 fully saturated rings. The van der Waals surface area contributed by atoms with Gasteiger partial charge in [-0.15, -0.1) is 0 Å². The Morgan fingerprint density at radius 1 is 1.50 bits per heavy atom. The summed E-state index contributed by atoms with van der Waals surface area (Å²) in [5.41, 5.74) is 1.62. The number of aliphatic imine (C=N–C) groups is 1. The van der Waals surface area contributed by atoms with Crippen LogP contribution in [0, 0.1) is 0 Å². The Hall–Kier alpha value is -1.84. The first-order valence-electron chi connectivity index (χ1n) is 5.35. The van der Waals surface area contributed by atoms with Crippen molar-refractivity contribution in [1.29, 1.82) is 0 Å². The van der Waals surface area contributed by atoms with Gasteiger partial charge in [-0.3, -0.25) is 9.79 Å². The van der Waals surface area contributed by atoms with Gasteiger partial charge in [0, 0.05) is 24.4 Å². The van der Waals surface area contributed by atoms with E-state index in [0.29, 0.717) is 6.54 Å². The smallest absolute Gasteiger partial charge is 0.248 e. The van der Waals surface area contributed by atoms with Gasteiger partial charge < -0.3 is 10.0 Å². The fraction of sp³-hybridized carbons (Fsp3) is 0.333. The van der Waals surface area contributed by atoms with Gasteiger partial charge in [-0.2, -0.15) is 0 Å². The number of phenols is 1. The molecule has 1 aliphatic rings. The zero-order valence-electron chi connectivity index (χ0n) is 9.18. The molecule has 1 aliphatic heterocycles. The van der Waals surface area contributed by atoms with Gasteiger partial charge in [-0.25, -0.2) is 0 Å². The second kappa shape index (κ2) is 4.35. The monoisotopic (exact) mass is 218 g/mol. The van der Waals surface area contributed by atoms with E-state index in [2.05, 4.69) is 4.99 Å². The number of benzene rings is 1. The minimum atomic E-state index is -0.0255. The van der Waals surface area contributed by atoms with Crippen LogP contribution in [-0.4, -0.2) is 30.3 Å². The summed E-state index contributed by atoms with van der Waals surface area (Å²) in [6.07, 6.45) is 2.56. The summed E-state index contributed by atoms with van der Waals surface area (Å²) in [7, 11) is 0. The third-order valence-electron chi connectivity index (χ3n) is 2.51. The molecule has 1 heterocycles. The van der Waals surface area contributed by atoms with Crippen LogP contribution >= 0.6 is 0 Å². The number of hydrogen-bond donors (Lipinski definition) is 1. The maximum Gasteiger partial charge on any atom is 0.248 e. The van der Waals surface area contributed by atoms with Crippen LogP contribution < -0.4 is 4.90 Å². The molecule has 1 amide bonds. The van der Waals surface area contributed by atoms with Crippen LogP contribution in [-0.2, 0) is 4.79 Å². The van der Waals surface area contributed by atoms with Crippen LogP contribution in [0.15, 0.2) is 23.2 Å². The lowest BCUT2D eigenvalue weighted by Gasteiger charge is -2.21. The van der Waals surface area contributed by atoms with Crippen molar-refractivity contribution in [2.75, 3.05) is 18.0 Å². The standard InChI is InChI=1S/C12H14N2O2/c1-2-5-14-11-6-10(15)4-3-9(11)7-13-8-12(14)16/h3-4,6-7,15H,2,5,8H2,1H3. The van der Waals surface area contributed by atoms with Crippen LogP contribution in [0.2, 0.25) is 0 Å². The second-order valence-corrected chi connectivity index (χ2v) is 3.76. The van der Waals surface area contributed by atoms with Crippen molar-refractivity contribution < 1.29 is 9.90 Å². The highest BCUT2D eigenvalue weighted by Crippen LogP contribution is 2.26. The highest BCUT2D eigenvalue weighted by molar-refractivity contribution is 6.03. The van der Waals surface area contributed by atoms with E-state index in [1.807, 2.05) is 6.92 Å². The largest absolute Gasteiger partial charge is 0.508 e. The number of rotatable bonds is 2. The number of amides is 1. The number of phenolic OH excluding ortho intramolecular Hbond substituents is 1. The molecule has 0 bridgehead atoms. The Labute approximate surface area is 94.2 Å². The number of anilines is 1. The van der Waals surface area contributed by atoms with E-state index in [0.717, 1.165) is 17.7 Å². The Bertz CT molecular complexity index is 441. The number of benzodiazepines with no additional fused rings is 1. The predicted octanol–water partition coefficient (Wildman–Crippen LogP) is 1.57. The van der Waals surface area contributed by atoms with Gasteiger partial charge in [0.2, 0.25) is 5.91 Å². The summed E-state index contributed by atoms with van der Waals surface area (Å²) in [4.78, 5) is 17.5. The quantitative estimate of drug-likeness (QED) is 0.819. The molecule has 0 saturated heterocycles. The molecule has 1 N–H and O–H groups in total. The van der Waals surface area contributed by atoms with Crippen molar-refractivity contribution in [2.45, 2.75) is 13.3 Å². The minimum Gasteiger partial charge on any atom is -0.508 e. The summed E-state index contributed by atoms with van der Waals surface area (Å²) in [5.74, 6) is 0.144. The van der Waals surface area contributed by atoms with Gasteiger partial charge in [-0.05, 0) is 18.6 Å². The van der Waals surface area contributed by atoms with Crippen LogP contribution in [0.3, 0.4) is 0 Å². The van der Waals surface area contributed by atoms with Gasteiger partial charge in [-0.1, -0.05) is 6.92 Å². The first kappa shape index (κ1) is 10.7. The van der Waals surface area contributed by atoms with E-state index >= 15 is 0 Å². The maximum atomic E-state index is 11.8. The van der Waals surface area contributed by atoms with Crippen molar-refractivity contribution >= 4 is 17.8 Å². The van der Waals surface area contributed by atoms with Crippen molar-refractivity contribution in [3.63, 3.8) is 0 Å². The zero-order chi connectivity index (χ0) is 11.5. The van der Waals surface area contributed by atoms with Crippen molar-refractivity contribution in [1.82, 2.24) is 0 Å². The molecule has 0 atom stereocenters. The SMILES string of the molecule is CCCN1C(=O)CN=Cc2ccc(O)cc21. The molecule has 0 aliphatic carbocycles. The lowest BCUT2D eigenvalue weighted by molar-refractivity contribution is -0.117. The van der Waals surface area contributed by atoms with Gasteiger partial charge in [0.15, 0.2) is 0 Å². The molecular weight excluding hydrogens is 204 g/mol. The van der Waals surface area contributed by atoms with E-state index in [1.54, 1.807) is 29.3 Å². The van der Waals surface area contributed by atoms with Gasteiger partial charge in [0.05, 0.1) is 5.69 Å². The Morgan fingerprint density at radius 2 is 2.31 bits per heavy atom. The van der Waals surface area contributed by atoms with E-state index in [9.17, 15) is 9.90 Å². The average Bonchev–Trinajstić information content (AvgIpc) is 2.41. The van der Waals surface area contributed by atoms with E-state index < -0.39 is 0 Å². The number of hydrogen-bond acceptors (Lipinski definition) is 3. The number of aromatic hydroxyl groups is 1. The molecule has 0 radical (unpaired) electrons. The third kappa shape index (κ3) is 1.91. The van der Waals surface area contributed by atoms with Crippen molar-refractivity contribution in [3.05, 3.63) is 23.8 Å². The van der Waals surface area contributed by atoms with Crippen LogP contribution in [0.1, 0.15) is 18.9 Å². The van der Waals surface area contributed by atoms with Gasteiger partial charge >= 0.3 is 0 Å². The van der Waals surface area contributed by atoms with Crippen LogP contribution in [0.4, 0.5) is 5.69 Å². The first-order chi connectivity index (χ1) is 7.72. The summed E-state index contributed by atoms with van der Waals surface area (Å²) in [6.45, 7) is 2.84. The fourth-order valence-corrected chi connectivity index (χ4v) is 1.79. The van der Waals surface area contributed by atoms with Gasteiger partial charge in [0.1, 0.15) is 12.3 Å². The summed E-state index contributed by atoms with van der Waals surface area (Å²) in [5, 5.41) is 9.47. The lowest BCUT2D eigenvalue weighted by Crippen LogP contribution is -2.33. The highest BCUT2D eigenvalue weighted by atomic mass is 16.3. The molecule has 84 valence electrons. The molecule has 0 saturated carbocycles. The predicted molar refractivity (Wildman–Crippen MR) is 63.2 cm³/mol. The van der Waals surface area contributed by atoms with Crippen molar-refractivity contribution in [2.24, 2.45) is 4.99 Å². The zero-order valence-corrected chi connectivity index (χ0v) is 9.18. The van der Waals surface area contributed by atoms with Crippen LogP contribution in [0.25, 0.3) is 0 Å². The number of fused-ring (bicyclic) bond motifs is 1. The minimum absolute atomic E-state index is 0.0255. The number of carbonyl (C=O) groups is 1. The summed E-state index contributed by atoms with van der Waals surface area (Å²) >= 11 is 0. The topological polar surface area (TPSA) is 52.9 Å². The Morgan fingerprint density at radius 3 is 3.06 bits per heavy atom. The highest BCUT2D eigenvalue weighted by Gasteiger charge is 2.19. The molecule has 4 heteroatoms. The second-order valence-electron chi connectivity index (χ2n) is 3.76.